The first-order valence-electron chi connectivity index (χ1n) is 8.39. The van der Waals surface area contributed by atoms with Gasteiger partial charge >= 0.3 is 0 Å². The Morgan fingerprint density at radius 1 is 0.920 bits per heavy atom. The molecule has 2 aromatic rings. The van der Waals surface area contributed by atoms with E-state index < -0.39 is 0 Å². The largest absolute Gasteiger partial charge is 0.492 e. The zero-order chi connectivity index (χ0) is 17.8. The zero-order valence-electron chi connectivity index (χ0n) is 14.6. The summed E-state index contributed by atoms with van der Waals surface area (Å²) in [6, 6.07) is 14.9. The molecule has 2 amide bonds. The normalized spacial score (nSPS) is 13.5. The SMILES string of the molecule is Cc1ccc(OCCN(C)CCN2C(=O)c3ccccc3C2=O)cc1. The van der Waals surface area contributed by atoms with Gasteiger partial charge in [0.2, 0.25) is 0 Å². The Kier molecular flexibility index (Phi) is 5.14. The predicted molar refractivity (Wildman–Crippen MR) is 96.0 cm³/mol. The van der Waals surface area contributed by atoms with Gasteiger partial charge in [-0.05, 0) is 38.2 Å². The first-order chi connectivity index (χ1) is 12.1. The molecule has 0 atom stereocenters. The van der Waals surface area contributed by atoms with Crippen LogP contribution in [0.5, 0.6) is 5.75 Å². The molecule has 1 aliphatic rings. The lowest BCUT2D eigenvalue weighted by Gasteiger charge is -2.20. The number of fused-ring (bicyclic) bond motifs is 1. The molecule has 5 nitrogen and oxygen atoms in total. The van der Waals surface area contributed by atoms with Crippen LogP contribution in [0.2, 0.25) is 0 Å². The number of benzene rings is 2. The van der Waals surface area contributed by atoms with E-state index in [2.05, 4.69) is 4.90 Å². The summed E-state index contributed by atoms with van der Waals surface area (Å²) in [7, 11) is 1.96. The van der Waals surface area contributed by atoms with Gasteiger partial charge in [0, 0.05) is 19.6 Å². The Morgan fingerprint density at radius 2 is 1.52 bits per heavy atom. The Labute approximate surface area is 147 Å². The molecule has 0 radical (unpaired) electrons. The second-order valence-electron chi connectivity index (χ2n) is 6.27. The van der Waals surface area contributed by atoms with Gasteiger partial charge in [-0.15, -0.1) is 0 Å². The van der Waals surface area contributed by atoms with Crippen molar-refractivity contribution in [1.82, 2.24) is 9.80 Å². The van der Waals surface area contributed by atoms with Crippen LogP contribution in [0.15, 0.2) is 48.5 Å². The Morgan fingerprint density at radius 3 is 2.12 bits per heavy atom. The molecule has 0 fully saturated rings. The lowest BCUT2D eigenvalue weighted by Crippen LogP contribution is -2.38. The molecule has 25 heavy (non-hydrogen) atoms. The number of nitrogens with zero attached hydrogens (tertiary/aromatic N) is 2. The molecule has 1 aliphatic heterocycles. The smallest absolute Gasteiger partial charge is 0.261 e. The van der Waals surface area contributed by atoms with Crippen molar-refractivity contribution in [2.24, 2.45) is 0 Å². The molecule has 130 valence electrons. The molecule has 0 bridgehead atoms. The fourth-order valence-corrected chi connectivity index (χ4v) is 2.78. The van der Waals surface area contributed by atoms with E-state index in [-0.39, 0.29) is 11.8 Å². The van der Waals surface area contributed by atoms with Crippen molar-refractivity contribution >= 4 is 11.8 Å². The third-order valence-corrected chi connectivity index (χ3v) is 4.35. The number of imide groups is 1. The minimum atomic E-state index is -0.204. The van der Waals surface area contributed by atoms with Crippen LogP contribution in [0.25, 0.3) is 0 Å². The average molecular weight is 338 g/mol. The molecular weight excluding hydrogens is 316 g/mol. The summed E-state index contributed by atoms with van der Waals surface area (Å²) in [6.45, 7) is 4.31. The van der Waals surface area contributed by atoms with Gasteiger partial charge < -0.3 is 9.64 Å². The van der Waals surface area contributed by atoms with Crippen LogP contribution in [0.4, 0.5) is 0 Å². The van der Waals surface area contributed by atoms with E-state index >= 15 is 0 Å². The molecule has 0 unspecified atom stereocenters. The lowest BCUT2D eigenvalue weighted by molar-refractivity contribution is 0.0639. The molecule has 5 heteroatoms. The molecule has 3 rings (SSSR count). The molecule has 0 saturated carbocycles. The Hall–Kier alpha value is -2.66. The number of hydrogen-bond acceptors (Lipinski definition) is 4. The van der Waals surface area contributed by atoms with E-state index in [4.69, 9.17) is 4.74 Å². The van der Waals surface area contributed by atoms with E-state index in [9.17, 15) is 9.59 Å². The van der Waals surface area contributed by atoms with Crippen molar-refractivity contribution in [3.05, 3.63) is 65.2 Å². The lowest BCUT2D eigenvalue weighted by atomic mass is 10.1. The minimum Gasteiger partial charge on any atom is -0.492 e. The molecule has 0 aromatic heterocycles. The van der Waals surface area contributed by atoms with Crippen LogP contribution < -0.4 is 4.74 Å². The number of hydrogen-bond donors (Lipinski definition) is 0. The van der Waals surface area contributed by atoms with Crippen molar-refractivity contribution in [2.45, 2.75) is 6.92 Å². The van der Waals surface area contributed by atoms with Gasteiger partial charge in [-0.2, -0.15) is 0 Å². The van der Waals surface area contributed by atoms with Crippen molar-refractivity contribution in [2.75, 3.05) is 33.3 Å². The number of ether oxygens (including phenoxy) is 1. The van der Waals surface area contributed by atoms with Crippen molar-refractivity contribution < 1.29 is 14.3 Å². The summed E-state index contributed by atoms with van der Waals surface area (Å²) in [5, 5.41) is 0. The van der Waals surface area contributed by atoms with Crippen LogP contribution in [-0.2, 0) is 0 Å². The highest BCUT2D eigenvalue weighted by molar-refractivity contribution is 6.21. The summed E-state index contributed by atoms with van der Waals surface area (Å²) in [5.41, 5.74) is 2.20. The van der Waals surface area contributed by atoms with Crippen molar-refractivity contribution in [1.29, 1.82) is 0 Å². The van der Waals surface area contributed by atoms with Gasteiger partial charge in [0.1, 0.15) is 12.4 Å². The maximum Gasteiger partial charge on any atom is 0.261 e. The summed E-state index contributed by atoms with van der Waals surface area (Å²) in [5.74, 6) is 0.439. The van der Waals surface area contributed by atoms with E-state index in [1.165, 1.54) is 10.5 Å². The molecule has 0 N–H and O–H groups in total. The molecule has 1 heterocycles. The van der Waals surface area contributed by atoms with E-state index in [0.29, 0.717) is 30.8 Å². The van der Waals surface area contributed by atoms with E-state index in [1.54, 1.807) is 24.3 Å². The summed E-state index contributed by atoms with van der Waals surface area (Å²) in [6.07, 6.45) is 0. The summed E-state index contributed by atoms with van der Waals surface area (Å²) < 4.78 is 5.71. The van der Waals surface area contributed by atoms with Gasteiger partial charge in [-0.3, -0.25) is 14.5 Å². The first kappa shape index (κ1) is 17.2. The summed E-state index contributed by atoms with van der Waals surface area (Å²) in [4.78, 5) is 28.0. The van der Waals surface area contributed by atoms with Crippen LogP contribution in [0, 0.1) is 6.92 Å². The number of likely N-dealkylation sites (N-methyl/N-ethyl adjacent to an activating group) is 1. The van der Waals surface area contributed by atoms with Gasteiger partial charge in [0.05, 0.1) is 11.1 Å². The second kappa shape index (κ2) is 7.49. The molecule has 2 aromatic carbocycles. The maximum absolute atomic E-state index is 12.3. The quantitative estimate of drug-likeness (QED) is 0.728. The fraction of sp³-hybridized carbons (Fsp3) is 0.300. The average Bonchev–Trinajstić information content (AvgIpc) is 2.86. The highest BCUT2D eigenvalue weighted by atomic mass is 16.5. The van der Waals surface area contributed by atoms with Crippen LogP contribution in [0.3, 0.4) is 0 Å². The Bertz CT molecular complexity index is 736. The first-order valence-corrected chi connectivity index (χ1v) is 8.39. The van der Waals surface area contributed by atoms with Crippen LogP contribution in [-0.4, -0.2) is 54.9 Å². The van der Waals surface area contributed by atoms with Gasteiger partial charge in [-0.25, -0.2) is 0 Å². The van der Waals surface area contributed by atoms with Crippen molar-refractivity contribution in [3.8, 4) is 5.75 Å². The highest BCUT2D eigenvalue weighted by Crippen LogP contribution is 2.21. The van der Waals surface area contributed by atoms with Gasteiger partial charge in [0.25, 0.3) is 11.8 Å². The Balaban J connectivity index is 1.45. The fourth-order valence-electron chi connectivity index (χ4n) is 2.78. The number of aryl methyl sites for hydroxylation is 1. The number of rotatable bonds is 7. The standard InChI is InChI=1S/C20H22N2O3/c1-15-7-9-16(10-8-15)25-14-13-21(2)11-12-22-19(23)17-5-3-4-6-18(17)20(22)24/h3-10H,11-14H2,1-2H3. The van der Waals surface area contributed by atoms with Crippen LogP contribution in [0.1, 0.15) is 26.3 Å². The monoisotopic (exact) mass is 338 g/mol. The topological polar surface area (TPSA) is 49.9 Å². The molecule has 0 aliphatic carbocycles. The van der Waals surface area contributed by atoms with Crippen molar-refractivity contribution in [3.63, 3.8) is 0 Å². The molecular formula is C20H22N2O3. The van der Waals surface area contributed by atoms with E-state index in [0.717, 1.165) is 12.3 Å². The van der Waals surface area contributed by atoms with Gasteiger partial charge in [-0.1, -0.05) is 29.8 Å². The maximum atomic E-state index is 12.3. The van der Waals surface area contributed by atoms with E-state index in [1.807, 2.05) is 38.2 Å². The predicted octanol–water partition coefficient (Wildman–Crippen LogP) is 2.60. The third-order valence-electron chi connectivity index (χ3n) is 4.35. The third kappa shape index (κ3) is 3.88. The second-order valence-corrected chi connectivity index (χ2v) is 6.27. The summed E-state index contributed by atoms with van der Waals surface area (Å²) >= 11 is 0. The molecule has 0 spiro atoms. The molecule has 0 saturated heterocycles. The van der Waals surface area contributed by atoms with Crippen LogP contribution >= 0.6 is 0 Å². The zero-order valence-corrected chi connectivity index (χ0v) is 14.6. The number of carbonyl (C=O) groups is 2. The number of carbonyl (C=O) groups excluding carboxylic acids is 2. The highest BCUT2D eigenvalue weighted by Gasteiger charge is 2.34. The minimum absolute atomic E-state index is 0.204. The van der Waals surface area contributed by atoms with Gasteiger partial charge in [0.15, 0.2) is 0 Å². The number of amides is 2.